The number of Topliss-reactive ketones (excluding diaryl/α,β-unsaturated/α-hetero) is 1. The van der Waals surface area contributed by atoms with E-state index in [1.54, 1.807) is 29.4 Å². The first-order valence-corrected chi connectivity index (χ1v) is 6.57. The monoisotopic (exact) mass is 301 g/mol. The molecule has 8 heteroatoms. The highest BCUT2D eigenvalue weighted by Crippen LogP contribution is 2.27. The number of H-pyrrole nitrogens is 1. The molecule has 0 bridgehead atoms. The molecule has 4 nitrogen and oxygen atoms in total. The number of ketones is 1. The third kappa shape index (κ3) is 3.60. The van der Waals surface area contributed by atoms with Gasteiger partial charge < -0.3 is 0 Å². The first-order valence-electron chi connectivity index (χ1n) is 5.58. The van der Waals surface area contributed by atoms with Crippen molar-refractivity contribution in [1.29, 1.82) is 0 Å². The van der Waals surface area contributed by atoms with Crippen molar-refractivity contribution >= 4 is 17.5 Å². The van der Waals surface area contributed by atoms with Gasteiger partial charge in [0.15, 0.2) is 5.78 Å². The van der Waals surface area contributed by atoms with Gasteiger partial charge in [-0.05, 0) is 6.92 Å². The molecule has 0 radical (unpaired) electrons. The molecule has 0 fully saturated rings. The molecule has 1 N–H and O–H groups in total. The number of nitrogens with zero attached hydrogens (tertiary/aromatic N) is 2. The van der Waals surface area contributed by atoms with Gasteiger partial charge in [0.2, 0.25) is 11.0 Å². The molecule has 20 heavy (non-hydrogen) atoms. The van der Waals surface area contributed by atoms with Crippen LogP contribution in [-0.2, 0) is 6.18 Å². The smallest absolute Gasteiger partial charge is 0.293 e. The van der Waals surface area contributed by atoms with Crippen LogP contribution in [0, 0.1) is 6.92 Å². The second-order valence-corrected chi connectivity index (χ2v) is 4.98. The topological polar surface area (TPSA) is 58.6 Å². The lowest BCUT2D eigenvalue weighted by molar-refractivity contribution is -0.144. The van der Waals surface area contributed by atoms with Gasteiger partial charge in [0, 0.05) is 5.56 Å². The molecule has 0 unspecified atom stereocenters. The zero-order valence-electron chi connectivity index (χ0n) is 10.4. The summed E-state index contributed by atoms with van der Waals surface area (Å²) in [5, 5.41) is 5.12. The Hall–Kier alpha value is -1.83. The summed E-state index contributed by atoms with van der Waals surface area (Å²) >= 11 is 0.861. The van der Waals surface area contributed by atoms with Gasteiger partial charge in [-0.1, -0.05) is 41.6 Å². The van der Waals surface area contributed by atoms with E-state index in [1.807, 2.05) is 6.92 Å². The third-order valence-electron chi connectivity index (χ3n) is 2.44. The quantitative estimate of drug-likeness (QED) is 0.696. The molecule has 2 aromatic rings. The standard InChI is InChI=1S/C12H10F3N3OS/c1-7-2-4-8(5-3-7)9(19)6-20-11-16-10(17-18-11)12(13,14)15/h2-5H,6H2,1H3,(H,16,17,18). The molecule has 1 heterocycles. The average Bonchev–Trinajstić information content (AvgIpc) is 2.85. The average molecular weight is 301 g/mol. The van der Waals surface area contributed by atoms with Gasteiger partial charge in [0.05, 0.1) is 5.75 Å². The van der Waals surface area contributed by atoms with Crippen molar-refractivity contribution in [2.45, 2.75) is 18.3 Å². The molecule has 0 aliphatic carbocycles. The number of nitrogens with one attached hydrogen (secondary N) is 1. The summed E-state index contributed by atoms with van der Waals surface area (Å²) in [6, 6.07) is 6.95. The van der Waals surface area contributed by atoms with Crippen LogP contribution in [0.1, 0.15) is 21.7 Å². The van der Waals surface area contributed by atoms with E-state index in [0.29, 0.717) is 5.56 Å². The molecule has 0 saturated carbocycles. The predicted molar refractivity (Wildman–Crippen MR) is 67.6 cm³/mol. The molecule has 106 valence electrons. The summed E-state index contributed by atoms with van der Waals surface area (Å²) in [6.45, 7) is 1.90. The zero-order valence-corrected chi connectivity index (χ0v) is 11.2. The lowest BCUT2D eigenvalue weighted by Gasteiger charge is -2.00. The second kappa shape index (κ2) is 5.66. The fourth-order valence-electron chi connectivity index (χ4n) is 1.39. The van der Waals surface area contributed by atoms with Crippen molar-refractivity contribution in [2.24, 2.45) is 0 Å². The molecule has 0 spiro atoms. The SMILES string of the molecule is Cc1ccc(C(=O)CSc2n[nH]c(C(F)(F)F)n2)cc1. The van der Waals surface area contributed by atoms with Crippen molar-refractivity contribution in [2.75, 3.05) is 5.75 Å². The second-order valence-electron chi connectivity index (χ2n) is 4.04. The summed E-state index contributed by atoms with van der Waals surface area (Å²) in [5.41, 5.74) is 1.53. The lowest BCUT2D eigenvalue weighted by atomic mass is 10.1. The molecular formula is C12H10F3N3OS. The number of rotatable bonds is 4. The lowest BCUT2D eigenvalue weighted by Crippen LogP contribution is -2.07. The fourth-order valence-corrected chi connectivity index (χ4v) is 2.08. The predicted octanol–water partition coefficient (Wildman–Crippen LogP) is 3.11. The van der Waals surface area contributed by atoms with E-state index in [0.717, 1.165) is 17.3 Å². The largest absolute Gasteiger partial charge is 0.451 e. The zero-order chi connectivity index (χ0) is 14.8. The first-order chi connectivity index (χ1) is 9.36. The van der Waals surface area contributed by atoms with Crippen molar-refractivity contribution in [1.82, 2.24) is 15.2 Å². The molecule has 0 aliphatic rings. The Labute approximate surface area is 116 Å². The van der Waals surface area contributed by atoms with Gasteiger partial charge in [0.25, 0.3) is 0 Å². The minimum Gasteiger partial charge on any atom is -0.293 e. The molecule has 1 aromatic heterocycles. The van der Waals surface area contributed by atoms with Crippen LogP contribution in [0.25, 0.3) is 0 Å². The van der Waals surface area contributed by atoms with Crippen molar-refractivity contribution in [3.05, 3.63) is 41.2 Å². The highest BCUT2D eigenvalue weighted by Gasteiger charge is 2.35. The molecule has 2 rings (SSSR count). The van der Waals surface area contributed by atoms with Gasteiger partial charge in [-0.2, -0.15) is 18.2 Å². The van der Waals surface area contributed by atoms with E-state index in [4.69, 9.17) is 0 Å². The van der Waals surface area contributed by atoms with E-state index in [1.165, 1.54) is 0 Å². The number of carbonyl (C=O) groups is 1. The minimum absolute atomic E-state index is 0.0157. The summed E-state index contributed by atoms with van der Waals surface area (Å²) in [6.07, 6.45) is -4.56. The number of thioether (sulfide) groups is 1. The molecule has 0 atom stereocenters. The van der Waals surface area contributed by atoms with Gasteiger partial charge in [-0.15, -0.1) is 5.10 Å². The van der Waals surface area contributed by atoms with Crippen LogP contribution < -0.4 is 0 Å². The molecule has 0 amide bonds. The van der Waals surface area contributed by atoms with Crippen LogP contribution in [0.5, 0.6) is 0 Å². The van der Waals surface area contributed by atoms with E-state index in [-0.39, 0.29) is 16.7 Å². The van der Waals surface area contributed by atoms with Gasteiger partial charge >= 0.3 is 6.18 Å². The highest BCUT2D eigenvalue weighted by molar-refractivity contribution is 7.99. The number of benzene rings is 1. The Morgan fingerprint density at radius 1 is 1.30 bits per heavy atom. The minimum atomic E-state index is -4.56. The number of aryl methyl sites for hydroxylation is 1. The first kappa shape index (κ1) is 14.6. The molecular weight excluding hydrogens is 291 g/mol. The fraction of sp³-hybridized carbons (Fsp3) is 0.250. The van der Waals surface area contributed by atoms with E-state index in [9.17, 15) is 18.0 Å². The Bertz CT molecular complexity index is 607. The Kier molecular flexibility index (Phi) is 4.12. The van der Waals surface area contributed by atoms with Gasteiger partial charge in [-0.25, -0.2) is 0 Å². The van der Waals surface area contributed by atoms with Crippen LogP contribution in [-0.4, -0.2) is 26.7 Å². The molecule has 0 saturated heterocycles. The van der Waals surface area contributed by atoms with Crippen molar-refractivity contribution in [3.63, 3.8) is 0 Å². The number of aromatic nitrogens is 3. The number of alkyl halides is 3. The van der Waals surface area contributed by atoms with Crippen LogP contribution in [0.3, 0.4) is 0 Å². The van der Waals surface area contributed by atoms with Crippen LogP contribution in [0.15, 0.2) is 29.4 Å². The maximum absolute atomic E-state index is 12.3. The third-order valence-corrected chi connectivity index (χ3v) is 3.29. The van der Waals surface area contributed by atoms with Gasteiger partial charge in [-0.3, -0.25) is 9.89 Å². The Morgan fingerprint density at radius 3 is 2.50 bits per heavy atom. The summed E-state index contributed by atoms with van der Waals surface area (Å²) in [4.78, 5) is 15.1. The number of carbonyl (C=O) groups excluding carboxylic acids is 1. The maximum atomic E-state index is 12.3. The number of aromatic amines is 1. The molecule has 1 aromatic carbocycles. The van der Waals surface area contributed by atoms with Crippen molar-refractivity contribution < 1.29 is 18.0 Å². The number of hydrogen-bond acceptors (Lipinski definition) is 4. The normalized spacial score (nSPS) is 11.6. The summed E-state index contributed by atoms with van der Waals surface area (Å²) < 4.78 is 36.9. The van der Waals surface area contributed by atoms with Crippen LogP contribution in [0.2, 0.25) is 0 Å². The van der Waals surface area contributed by atoms with Gasteiger partial charge in [0.1, 0.15) is 0 Å². The van der Waals surface area contributed by atoms with Crippen molar-refractivity contribution in [3.8, 4) is 0 Å². The number of halogens is 3. The maximum Gasteiger partial charge on any atom is 0.451 e. The van der Waals surface area contributed by atoms with E-state index >= 15 is 0 Å². The summed E-state index contributed by atoms with van der Waals surface area (Å²) in [7, 11) is 0. The van der Waals surface area contributed by atoms with Crippen LogP contribution >= 0.6 is 11.8 Å². The van der Waals surface area contributed by atoms with E-state index in [2.05, 4.69) is 10.1 Å². The Morgan fingerprint density at radius 2 is 1.95 bits per heavy atom. The summed E-state index contributed by atoms with van der Waals surface area (Å²) in [5.74, 6) is -1.37. The van der Waals surface area contributed by atoms with Crippen LogP contribution in [0.4, 0.5) is 13.2 Å². The van der Waals surface area contributed by atoms with E-state index < -0.39 is 12.0 Å². The number of hydrogen-bond donors (Lipinski definition) is 1. The Balaban J connectivity index is 1.97. The molecule has 0 aliphatic heterocycles. The highest BCUT2D eigenvalue weighted by atomic mass is 32.2.